The zero-order valence-corrected chi connectivity index (χ0v) is 26.4. The molecule has 224 valence electrons. The van der Waals surface area contributed by atoms with Crippen LogP contribution in [0, 0.1) is 0 Å². The minimum absolute atomic E-state index is 0.000322. The van der Waals surface area contributed by atoms with E-state index in [4.69, 9.17) is 27.9 Å². The molecule has 0 spiro atoms. The van der Waals surface area contributed by atoms with Gasteiger partial charge in [-0.3, -0.25) is 9.59 Å². The van der Waals surface area contributed by atoms with Crippen LogP contribution in [0.2, 0.25) is 10.0 Å². The number of carbonyl (C=O) groups excluding carboxylic acids is 2. The third-order valence-corrected chi connectivity index (χ3v) is 8.53. The number of benzene rings is 3. The summed E-state index contributed by atoms with van der Waals surface area (Å²) >= 11 is 12.5. The lowest BCUT2D eigenvalue weighted by Gasteiger charge is -2.34. The SMILES string of the molecule is COCCN(CC(=O)N(C)C(CN1CCCC1)c1ccc(-c2cccc(C(=O)N(C)C)c2)cc1)c1ccc(Cl)c(Cl)c1. The first kappa shape index (κ1) is 31.8. The molecule has 0 N–H and O–H groups in total. The van der Waals surface area contributed by atoms with Crippen molar-refractivity contribution in [1.29, 1.82) is 0 Å². The summed E-state index contributed by atoms with van der Waals surface area (Å²) in [6.07, 6.45) is 2.35. The van der Waals surface area contributed by atoms with Gasteiger partial charge in [-0.1, -0.05) is 59.6 Å². The van der Waals surface area contributed by atoms with E-state index in [0.29, 0.717) is 28.8 Å². The Morgan fingerprint density at radius 2 is 1.62 bits per heavy atom. The van der Waals surface area contributed by atoms with E-state index >= 15 is 0 Å². The Hall–Kier alpha value is -3.10. The standard InChI is InChI=1S/C33H40Cl2N4O3/c1-36(2)33(41)27-9-7-8-26(20-27)24-10-12-25(13-11-24)31(22-38-16-5-6-17-38)37(3)32(40)23-39(18-19-42-4)28-14-15-29(34)30(35)21-28/h7-15,20-21,31H,5-6,16-19,22-23H2,1-4H3. The van der Waals surface area contributed by atoms with Gasteiger partial charge in [-0.2, -0.15) is 0 Å². The number of carbonyl (C=O) groups is 2. The fraction of sp³-hybridized carbons (Fsp3) is 0.394. The first-order valence-corrected chi connectivity index (χ1v) is 15.0. The van der Waals surface area contributed by atoms with Gasteiger partial charge in [0, 0.05) is 52.6 Å². The number of nitrogens with zero attached hydrogens (tertiary/aromatic N) is 4. The largest absolute Gasteiger partial charge is 0.383 e. The molecule has 1 fully saturated rings. The molecule has 7 nitrogen and oxygen atoms in total. The molecular formula is C33H40Cl2N4O3. The topological polar surface area (TPSA) is 56.3 Å². The number of rotatable bonds is 12. The van der Waals surface area contributed by atoms with Gasteiger partial charge >= 0.3 is 0 Å². The Kier molecular flexibility index (Phi) is 11.3. The van der Waals surface area contributed by atoms with Crippen molar-refractivity contribution in [3.63, 3.8) is 0 Å². The highest BCUT2D eigenvalue weighted by atomic mass is 35.5. The maximum absolute atomic E-state index is 13.8. The van der Waals surface area contributed by atoms with Crippen LogP contribution >= 0.6 is 23.2 Å². The van der Waals surface area contributed by atoms with Crippen molar-refractivity contribution in [3.05, 3.63) is 87.9 Å². The van der Waals surface area contributed by atoms with Crippen molar-refractivity contribution in [3.8, 4) is 11.1 Å². The van der Waals surface area contributed by atoms with Crippen molar-refractivity contribution < 1.29 is 14.3 Å². The quantitative estimate of drug-likeness (QED) is 0.248. The third-order valence-electron chi connectivity index (χ3n) is 7.79. The molecule has 0 radical (unpaired) electrons. The number of likely N-dealkylation sites (N-methyl/N-ethyl adjacent to an activating group) is 1. The minimum atomic E-state index is -0.121. The van der Waals surface area contributed by atoms with Gasteiger partial charge in [0.15, 0.2) is 0 Å². The average molecular weight is 612 g/mol. The summed E-state index contributed by atoms with van der Waals surface area (Å²) in [5.74, 6) is -0.0277. The molecule has 1 saturated heterocycles. The highest BCUT2D eigenvalue weighted by molar-refractivity contribution is 6.42. The van der Waals surface area contributed by atoms with Crippen LogP contribution in [0.15, 0.2) is 66.7 Å². The second-order valence-electron chi connectivity index (χ2n) is 10.9. The van der Waals surface area contributed by atoms with Crippen LogP contribution in [0.25, 0.3) is 11.1 Å². The lowest BCUT2D eigenvalue weighted by Crippen LogP contribution is -2.44. The number of likely N-dealkylation sites (tertiary alicyclic amines) is 1. The number of anilines is 1. The molecule has 0 aromatic heterocycles. The van der Waals surface area contributed by atoms with Crippen molar-refractivity contribution in [2.75, 3.05) is 72.5 Å². The summed E-state index contributed by atoms with van der Waals surface area (Å²) in [6, 6.07) is 21.3. The predicted octanol–water partition coefficient (Wildman–Crippen LogP) is 6.11. The first-order valence-electron chi connectivity index (χ1n) is 14.3. The Morgan fingerprint density at radius 1 is 0.905 bits per heavy atom. The zero-order chi connectivity index (χ0) is 30.2. The minimum Gasteiger partial charge on any atom is -0.383 e. The summed E-state index contributed by atoms with van der Waals surface area (Å²) < 4.78 is 5.32. The maximum atomic E-state index is 13.8. The summed E-state index contributed by atoms with van der Waals surface area (Å²) in [4.78, 5) is 34.1. The monoisotopic (exact) mass is 610 g/mol. The number of amides is 2. The molecule has 0 aliphatic carbocycles. The fourth-order valence-corrected chi connectivity index (χ4v) is 5.57. The van der Waals surface area contributed by atoms with E-state index in [0.717, 1.165) is 42.0 Å². The number of halogens is 2. The number of hydrogen-bond acceptors (Lipinski definition) is 5. The molecule has 3 aromatic rings. The van der Waals surface area contributed by atoms with E-state index in [1.165, 1.54) is 12.8 Å². The average Bonchev–Trinajstić information content (AvgIpc) is 3.52. The summed E-state index contributed by atoms with van der Waals surface area (Å²) in [5, 5.41) is 0.918. The highest BCUT2D eigenvalue weighted by Gasteiger charge is 2.27. The molecule has 0 saturated carbocycles. The Morgan fingerprint density at radius 3 is 2.26 bits per heavy atom. The fourth-order valence-electron chi connectivity index (χ4n) is 5.28. The first-order chi connectivity index (χ1) is 20.2. The molecule has 1 aliphatic rings. The van der Waals surface area contributed by atoms with Crippen LogP contribution in [0.4, 0.5) is 5.69 Å². The maximum Gasteiger partial charge on any atom is 0.253 e. The predicted molar refractivity (Wildman–Crippen MR) is 172 cm³/mol. The van der Waals surface area contributed by atoms with E-state index in [1.807, 2.05) is 47.2 Å². The van der Waals surface area contributed by atoms with Crippen molar-refractivity contribution in [1.82, 2.24) is 14.7 Å². The molecule has 4 rings (SSSR count). The molecule has 42 heavy (non-hydrogen) atoms. The van der Waals surface area contributed by atoms with E-state index in [9.17, 15) is 9.59 Å². The van der Waals surface area contributed by atoms with Crippen LogP contribution < -0.4 is 4.90 Å². The second-order valence-corrected chi connectivity index (χ2v) is 11.8. The lowest BCUT2D eigenvalue weighted by atomic mass is 9.98. The molecule has 2 amide bonds. The van der Waals surface area contributed by atoms with Gasteiger partial charge in [0.05, 0.1) is 29.2 Å². The van der Waals surface area contributed by atoms with Gasteiger partial charge < -0.3 is 24.3 Å². The summed E-state index contributed by atoms with van der Waals surface area (Å²) in [6.45, 7) is 4.02. The van der Waals surface area contributed by atoms with Crippen LogP contribution in [0.5, 0.6) is 0 Å². The van der Waals surface area contributed by atoms with Crippen molar-refractivity contribution in [2.24, 2.45) is 0 Å². The van der Waals surface area contributed by atoms with Crippen LogP contribution in [0.1, 0.15) is 34.8 Å². The van der Waals surface area contributed by atoms with Crippen LogP contribution in [-0.4, -0.2) is 94.1 Å². The highest BCUT2D eigenvalue weighted by Crippen LogP contribution is 2.29. The molecule has 1 aliphatic heterocycles. The molecule has 1 atom stereocenters. The van der Waals surface area contributed by atoms with Gasteiger partial charge in [-0.05, 0) is 73.0 Å². The second kappa shape index (κ2) is 14.9. The number of methoxy groups -OCH3 is 1. The molecular weight excluding hydrogens is 571 g/mol. The Bertz CT molecular complexity index is 1360. The van der Waals surface area contributed by atoms with Crippen LogP contribution in [0.3, 0.4) is 0 Å². The van der Waals surface area contributed by atoms with Gasteiger partial charge in [0.2, 0.25) is 5.91 Å². The Balaban J connectivity index is 1.57. The van der Waals surface area contributed by atoms with E-state index in [1.54, 1.807) is 38.2 Å². The van der Waals surface area contributed by atoms with Gasteiger partial charge in [0.25, 0.3) is 5.91 Å². The third kappa shape index (κ3) is 8.04. The molecule has 0 bridgehead atoms. The summed E-state index contributed by atoms with van der Waals surface area (Å²) in [5.41, 5.74) is 4.54. The summed E-state index contributed by atoms with van der Waals surface area (Å²) in [7, 11) is 7.04. The Labute approximate surface area is 259 Å². The molecule has 3 aromatic carbocycles. The smallest absolute Gasteiger partial charge is 0.253 e. The van der Waals surface area contributed by atoms with Gasteiger partial charge in [0.1, 0.15) is 0 Å². The number of hydrogen-bond donors (Lipinski definition) is 0. The van der Waals surface area contributed by atoms with Gasteiger partial charge in [-0.15, -0.1) is 0 Å². The number of ether oxygens (including phenoxy) is 1. The lowest BCUT2D eigenvalue weighted by molar-refractivity contribution is -0.131. The van der Waals surface area contributed by atoms with Crippen molar-refractivity contribution >= 4 is 40.7 Å². The zero-order valence-electron chi connectivity index (χ0n) is 24.9. The molecule has 1 heterocycles. The molecule has 9 heteroatoms. The van der Waals surface area contributed by atoms with Crippen LogP contribution in [-0.2, 0) is 9.53 Å². The van der Waals surface area contributed by atoms with Gasteiger partial charge in [-0.25, -0.2) is 0 Å². The van der Waals surface area contributed by atoms with E-state index in [-0.39, 0.29) is 24.4 Å². The van der Waals surface area contributed by atoms with E-state index in [2.05, 4.69) is 29.2 Å². The normalized spacial score (nSPS) is 14.0. The van der Waals surface area contributed by atoms with Crippen molar-refractivity contribution in [2.45, 2.75) is 18.9 Å². The van der Waals surface area contributed by atoms with E-state index < -0.39 is 0 Å². The molecule has 1 unspecified atom stereocenters.